The zero-order chi connectivity index (χ0) is 9.41. The molecule has 1 saturated carbocycles. The summed E-state index contributed by atoms with van der Waals surface area (Å²) >= 11 is 0. The first kappa shape index (κ1) is 9.99. The summed E-state index contributed by atoms with van der Waals surface area (Å²) in [6.45, 7) is 3.43. The predicted molar refractivity (Wildman–Crippen MR) is 49.7 cm³/mol. The molecule has 0 radical (unpaired) electrons. The minimum absolute atomic E-state index is 0.137. The van der Waals surface area contributed by atoms with Crippen molar-refractivity contribution in [2.24, 2.45) is 5.73 Å². The molecule has 0 aromatic rings. The first-order valence-electron chi connectivity index (χ1n) is 4.36. The molecule has 0 amide bonds. The van der Waals surface area contributed by atoms with Gasteiger partial charge >= 0.3 is 0 Å². The summed E-state index contributed by atoms with van der Waals surface area (Å²) in [4.78, 5) is 0. The Kier molecular flexibility index (Phi) is 2.50. The van der Waals surface area contributed by atoms with Gasteiger partial charge in [0.1, 0.15) is 0 Å². The molecule has 72 valence electrons. The Hall–Kier alpha value is -0.0900. The molecular weight excluding hydrogens is 174 g/mol. The van der Waals surface area contributed by atoms with Crippen molar-refractivity contribution >= 4 is 9.84 Å². The van der Waals surface area contributed by atoms with Crippen LogP contribution in [-0.4, -0.2) is 25.0 Å². The molecule has 0 aromatic carbocycles. The van der Waals surface area contributed by atoms with Gasteiger partial charge in [-0.1, -0.05) is 0 Å². The maximum absolute atomic E-state index is 11.3. The second-order valence-corrected chi connectivity index (χ2v) is 6.70. The van der Waals surface area contributed by atoms with Crippen molar-refractivity contribution in [3.8, 4) is 0 Å². The lowest BCUT2D eigenvalue weighted by atomic mass is 10.2. The van der Waals surface area contributed by atoms with Crippen LogP contribution in [0.1, 0.15) is 33.1 Å². The molecule has 1 fully saturated rings. The molecule has 12 heavy (non-hydrogen) atoms. The van der Waals surface area contributed by atoms with E-state index in [1.807, 2.05) is 0 Å². The Morgan fingerprint density at radius 3 is 2.25 bits per heavy atom. The molecule has 0 heterocycles. The van der Waals surface area contributed by atoms with E-state index in [9.17, 15) is 8.42 Å². The van der Waals surface area contributed by atoms with Crippen molar-refractivity contribution in [1.29, 1.82) is 0 Å². The normalized spacial score (nSPS) is 21.3. The first-order valence-corrected chi connectivity index (χ1v) is 6.08. The predicted octanol–water partition coefficient (Wildman–Crippen LogP) is 0.691. The summed E-state index contributed by atoms with van der Waals surface area (Å²) in [5.41, 5.74) is 5.65. The smallest absolute Gasteiger partial charge is 0.152 e. The monoisotopic (exact) mass is 191 g/mol. The fraction of sp³-hybridized carbons (Fsp3) is 1.00. The molecular formula is C8H17NO2S. The topological polar surface area (TPSA) is 60.2 Å². The fourth-order valence-corrected chi connectivity index (χ4v) is 2.15. The first-order chi connectivity index (χ1) is 5.36. The van der Waals surface area contributed by atoms with Gasteiger partial charge in [0.2, 0.25) is 0 Å². The fourth-order valence-electron chi connectivity index (χ4n) is 0.992. The van der Waals surface area contributed by atoms with E-state index < -0.39 is 9.84 Å². The van der Waals surface area contributed by atoms with E-state index in [2.05, 4.69) is 0 Å². The standard InChI is InChI=1S/C8H17NO2S/c1-7(2)12(10,11)6-5-8(9)3-4-8/h7H,3-6,9H2,1-2H3. The van der Waals surface area contributed by atoms with Gasteiger partial charge in [-0.25, -0.2) is 8.42 Å². The third kappa shape index (κ3) is 2.45. The van der Waals surface area contributed by atoms with E-state index in [-0.39, 0.29) is 16.5 Å². The zero-order valence-electron chi connectivity index (χ0n) is 7.71. The van der Waals surface area contributed by atoms with Crippen molar-refractivity contribution in [2.75, 3.05) is 5.75 Å². The van der Waals surface area contributed by atoms with Gasteiger partial charge in [0.25, 0.3) is 0 Å². The highest BCUT2D eigenvalue weighted by atomic mass is 32.2. The van der Waals surface area contributed by atoms with Crippen LogP contribution in [0.4, 0.5) is 0 Å². The van der Waals surface area contributed by atoms with Crippen LogP contribution in [0.25, 0.3) is 0 Å². The Balaban J connectivity index is 2.41. The Bertz CT molecular complexity index is 252. The summed E-state index contributed by atoms with van der Waals surface area (Å²) in [5, 5.41) is -0.264. The minimum Gasteiger partial charge on any atom is -0.325 e. The Morgan fingerprint density at radius 1 is 1.42 bits per heavy atom. The van der Waals surface area contributed by atoms with Crippen molar-refractivity contribution in [3.05, 3.63) is 0 Å². The summed E-state index contributed by atoms with van der Waals surface area (Å²) in [5.74, 6) is 0.251. The zero-order valence-corrected chi connectivity index (χ0v) is 8.52. The van der Waals surface area contributed by atoms with Crippen LogP contribution in [0.2, 0.25) is 0 Å². The quantitative estimate of drug-likeness (QED) is 0.711. The van der Waals surface area contributed by atoms with Gasteiger partial charge in [0.15, 0.2) is 9.84 Å². The summed E-state index contributed by atoms with van der Waals surface area (Å²) < 4.78 is 22.7. The van der Waals surface area contributed by atoms with Crippen LogP contribution in [0, 0.1) is 0 Å². The number of nitrogens with two attached hydrogens (primary N) is 1. The molecule has 4 heteroatoms. The SMILES string of the molecule is CC(C)S(=O)(=O)CCC1(N)CC1. The van der Waals surface area contributed by atoms with Crippen molar-refractivity contribution in [3.63, 3.8) is 0 Å². The van der Waals surface area contributed by atoms with Crippen molar-refractivity contribution < 1.29 is 8.42 Å². The lowest BCUT2D eigenvalue weighted by molar-refractivity contribution is 0.572. The van der Waals surface area contributed by atoms with E-state index in [4.69, 9.17) is 5.73 Å². The van der Waals surface area contributed by atoms with Crippen molar-refractivity contribution in [2.45, 2.75) is 43.9 Å². The van der Waals surface area contributed by atoms with E-state index >= 15 is 0 Å². The summed E-state index contributed by atoms with van der Waals surface area (Å²) in [6.07, 6.45) is 2.61. The molecule has 0 bridgehead atoms. The van der Waals surface area contributed by atoms with Crippen LogP contribution < -0.4 is 5.73 Å². The van der Waals surface area contributed by atoms with Crippen LogP contribution in [0.5, 0.6) is 0 Å². The Morgan fingerprint density at radius 2 is 1.92 bits per heavy atom. The summed E-state index contributed by atoms with van der Waals surface area (Å²) in [6, 6.07) is 0. The molecule has 0 aliphatic heterocycles. The maximum Gasteiger partial charge on any atom is 0.152 e. The highest BCUT2D eigenvalue weighted by Gasteiger charge is 2.38. The second kappa shape index (κ2) is 3.00. The van der Waals surface area contributed by atoms with Crippen LogP contribution in [0.15, 0.2) is 0 Å². The highest BCUT2D eigenvalue weighted by Crippen LogP contribution is 2.35. The highest BCUT2D eigenvalue weighted by molar-refractivity contribution is 7.91. The van der Waals surface area contributed by atoms with E-state index in [1.165, 1.54) is 0 Å². The van der Waals surface area contributed by atoms with Crippen LogP contribution in [0.3, 0.4) is 0 Å². The van der Waals surface area contributed by atoms with Gasteiger partial charge in [-0.2, -0.15) is 0 Å². The average molecular weight is 191 g/mol. The molecule has 0 spiro atoms. The molecule has 0 saturated heterocycles. The molecule has 1 aliphatic rings. The van der Waals surface area contributed by atoms with Gasteiger partial charge in [0, 0.05) is 5.54 Å². The number of rotatable bonds is 4. The van der Waals surface area contributed by atoms with E-state index in [0.717, 1.165) is 12.8 Å². The molecule has 2 N–H and O–H groups in total. The third-order valence-corrected chi connectivity index (χ3v) is 4.70. The lowest BCUT2D eigenvalue weighted by Crippen LogP contribution is -2.28. The van der Waals surface area contributed by atoms with Gasteiger partial charge in [-0.05, 0) is 33.1 Å². The minimum atomic E-state index is -2.87. The molecule has 0 unspecified atom stereocenters. The van der Waals surface area contributed by atoms with Crippen molar-refractivity contribution in [1.82, 2.24) is 0 Å². The average Bonchev–Trinajstić information content (AvgIpc) is 2.66. The van der Waals surface area contributed by atoms with Gasteiger partial charge in [-0.3, -0.25) is 0 Å². The largest absolute Gasteiger partial charge is 0.325 e. The van der Waals surface area contributed by atoms with Gasteiger partial charge < -0.3 is 5.73 Å². The third-order valence-electron chi connectivity index (χ3n) is 2.49. The lowest BCUT2D eigenvalue weighted by Gasteiger charge is -2.10. The Labute approximate surface area is 74.3 Å². The molecule has 1 rings (SSSR count). The van der Waals surface area contributed by atoms with Gasteiger partial charge in [0.05, 0.1) is 11.0 Å². The number of hydrogen-bond acceptors (Lipinski definition) is 3. The van der Waals surface area contributed by atoms with Crippen LogP contribution >= 0.6 is 0 Å². The maximum atomic E-state index is 11.3. The van der Waals surface area contributed by atoms with E-state index in [0.29, 0.717) is 6.42 Å². The van der Waals surface area contributed by atoms with Gasteiger partial charge in [-0.15, -0.1) is 0 Å². The number of sulfone groups is 1. The second-order valence-electron chi connectivity index (χ2n) is 4.03. The molecule has 0 aromatic heterocycles. The molecule has 0 atom stereocenters. The van der Waals surface area contributed by atoms with E-state index in [1.54, 1.807) is 13.8 Å². The van der Waals surface area contributed by atoms with Crippen LogP contribution in [-0.2, 0) is 9.84 Å². The molecule has 3 nitrogen and oxygen atoms in total. The molecule has 1 aliphatic carbocycles. The summed E-state index contributed by atoms with van der Waals surface area (Å²) in [7, 11) is -2.87. The number of hydrogen-bond donors (Lipinski definition) is 1.